The second-order valence-corrected chi connectivity index (χ2v) is 3.40. The number of rotatable bonds is 3. The third-order valence-electron chi connectivity index (χ3n) is 2.37. The third-order valence-corrected chi connectivity index (χ3v) is 2.37. The Balaban J connectivity index is 2.98. The molecule has 72 valence electrons. The molecule has 1 heteroatoms. The van der Waals surface area contributed by atoms with Crippen LogP contribution in [0, 0.1) is 13.8 Å². The quantitative estimate of drug-likeness (QED) is 0.689. The summed E-state index contributed by atoms with van der Waals surface area (Å²) in [6.07, 6.45) is 0.214. The first-order valence-electron chi connectivity index (χ1n) is 4.84. The third kappa shape index (κ3) is 2.31. The molecule has 1 rings (SSSR count). The molecule has 0 aliphatic rings. The van der Waals surface area contributed by atoms with Crippen molar-refractivity contribution in [1.29, 1.82) is 0 Å². The Hall–Kier alpha value is -0.820. The predicted molar refractivity (Wildman–Crippen MR) is 56.0 cm³/mol. The van der Waals surface area contributed by atoms with E-state index in [0.29, 0.717) is 0 Å². The molecule has 0 fully saturated rings. The fourth-order valence-corrected chi connectivity index (χ4v) is 1.80. The number of aryl methyl sites for hydroxylation is 2. The van der Waals surface area contributed by atoms with Crippen LogP contribution in [0.2, 0.25) is 0 Å². The van der Waals surface area contributed by atoms with Gasteiger partial charge in [-0.25, -0.2) is 0 Å². The zero-order valence-corrected chi connectivity index (χ0v) is 8.92. The minimum atomic E-state index is 0.214. The van der Waals surface area contributed by atoms with E-state index in [0.717, 1.165) is 6.61 Å². The number of ether oxygens (including phenoxy) is 1. The van der Waals surface area contributed by atoms with Gasteiger partial charge in [-0.1, -0.05) is 18.2 Å². The van der Waals surface area contributed by atoms with Crippen LogP contribution >= 0.6 is 0 Å². The van der Waals surface area contributed by atoms with Crippen LogP contribution in [-0.4, -0.2) is 6.61 Å². The average molecular weight is 178 g/mol. The first-order valence-corrected chi connectivity index (χ1v) is 4.84. The van der Waals surface area contributed by atoms with Gasteiger partial charge in [-0.15, -0.1) is 0 Å². The maximum Gasteiger partial charge on any atom is 0.0801 e. The van der Waals surface area contributed by atoms with Gasteiger partial charge in [0.2, 0.25) is 0 Å². The minimum Gasteiger partial charge on any atom is -0.374 e. The molecule has 1 aromatic rings. The average Bonchev–Trinajstić information content (AvgIpc) is 2.04. The van der Waals surface area contributed by atoms with Crippen molar-refractivity contribution in [3.63, 3.8) is 0 Å². The van der Waals surface area contributed by atoms with E-state index in [1.165, 1.54) is 16.7 Å². The Morgan fingerprint density at radius 2 is 1.77 bits per heavy atom. The van der Waals surface area contributed by atoms with E-state index in [4.69, 9.17) is 4.74 Å². The molecular weight excluding hydrogens is 160 g/mol. The summed E-state index contributed by atoms with van der Waals surface area (Å²) in [4.78, 5) is 0. The molecule has 0 spiro atoms. The van der Waals surface area contributed by atoms with Gasteiger partial charge < -0.3 is 4.74 Å². The summed E-state index contributed by atoms with van der Waals surface area (Å²) in [5.41, 5.74) is 3.98. The van der Waals surface area contributed by atoms with Crippen LogP contribution in [0.1, 0.15) is 36.6 Å². The summed E-state index contributed by atoms with van der Waals surface area (Å²) in [5.74, 6) is 0. The molecule has 0 heterocycles. The van der Waals surface area contributed by atoms with Gasteiger partial charge in [0.1, 0.15) is 0 Å². The first-order chi connectivity index (χ1) is 6.16. The van der Waals surface area contributed by atoms with E-state index in [9.17, 15) is 0 Å². The fourth-order valence-electron chi connectivity index (χ4n) is 1.80. The Labute approximate surface area is 80.7 Å². The second-order valence-electron chi connectivity index (χ2n) is 3.40. The lowest BCUT2D eigenvalue weighted by Gasteiger charge is -2.17. The molecule has 13 heavy (non-hydrogen) atoms. The van der Waals surface area contributed by atoms with E-state index in [1.807, 2.05) is 6.92 Å². The van der Waals surface area contributed by atoms with E-state index >= 15 is 0 Å². The van der Waals surface area contributed by atoms with Gasteiger partial charge in [0.25, 0.3) is 0 Å². The van der Waals surface area contributed by atoms with Crippen molar-refractivity contribution in [1.82, 2.24) is 0 Å². The van der Waals surface area contributed by atoms with Gasteiger partial charge in [-0.2, -0.15) is 0 Å². The van der Waals surface area contributed by atoms with Gasteiger partial charge in [0.15, 0.2) is 0 Å². The Morgan fingerprint density at radius 3 is 2.23 bits per heavy atom. The van der Waals surface area contributed by atoms with Crippen LogP contribution in [0.25, 0.3) is 0 Å². The van der Waals surface area contributed by atoms with Crippen molar-refractivity contribution < 1.29 is 4.74 Å². The van der Waals surface area contributed by atoms with Crippen LogP contribution in [-0.2, 0) is 4.74 Å². The minimum absolute atomic E-state index is 0.214. The molecule has 0 aliphatic carbocycles. The lowest BCUT2D eigenvalue weighted by atomic mass is 9.99. The maximum atomic E-state index is 5.59. The van der Waals surface area contributed by atoms with Crippen molar-refractivity contribution in [2.45, 2.75) is 33.8 Å². The van der Waals surface area contributed by atoms with E-state index < -0.39 is 0 Å². The molecule has 1 nitrogen and oxygen atoms in total. The normalized spacial score (nSPS) is 12.9. The highest BCUT2D eigenvalue weighted by Crippen LogP contribution is 2.23. The molecule has 0 radical (unpaired) electrons. The highest BCUT2D eigenvalue weighted by Gasteiger charge is 2.09. The summed E-state index contributed by atoms with van der Waals surface area (Å²) in [7, 11) is 0. The molecule has 0 saturated carbocycles. The molecule has 0 N–H and O–H groups in total. The Kier molecular flexibility index (Phi) is 3.49. The SMILES string of the molecule is CCOC(C)c1c(C)cccc1C. The molecular formula is C12H18O. The van der Waals surface area contributed by atoms with Crippen molar-refractivity contribution in [2.75, 3.05) is 6.61 Å². The van der Waals surface area contributed by atoms with Crippen LogP contribution in [0.3, 0.4) is 0 Å². The van der Waals surface area contributed by atoms with E-state index in [2.05, 4.69) is 39.0 Å². The van der Waals surface area contributed by atoms with Crippen molar-refractivity contribution in [3.8, 4) is 0 Å². The summed E-state index contributed by atoms with van der Waals surface area (Å²) in [6.45, 7) is 9.19. The van der Waals surface area contributed by atoms with Crippen LogP contribution in [0.5, 0.6) is 0 Å². The molecule has 1 aromatic carbocycles. The van der Waals surface area contributed by atoms with Crippen molar-refractivity contribution >= 4 is 0 Å². The molecule has 0 aliphatic heterocycles. The van der Waals surface area contributed by atoms with Crippen LogP contribution < -0.4 is 0 Å². The highest BCUT2D eigenvalue weighted by molar-refractivity contribution is 5.35. The molecule has 1 unspecified atom stereocenters. The van der Waals surface area contributed by atoms with E-state index in [-0.39, 0.29) is 6.10 Å². The highest BCUT2D eigenvalue weighted by atomic mass is 16.5. The van der Waals surface area contributed by atoms with Crippen LogP contribution in [0.15, 0.2) is 18.2 Å². The van der Waals surface area contributed by atoms with Crippen molar-refractivity contribution in [3.05, 3.63) is 34.9 Å². The molecule has 0 saturated heterocycles. The van der Waals surface area contributed by atoms with E-state index in [1.54, 1.807) is 0 Å². The van der Waals surface area contributed by atoms with Crippen molar-refractivity contribution in [2.24, 2.45) is 0 Å². The zero-order valence-electron chi connectivity index (χ0n) is 8.92. The topological polar surface area (TPSA) is 9.23 Å². The van der Waals surface area contributed by atoms with Gasteiger partial charge >= 0.3 is 0 Å². The number of hydrogen-bond acceptors (Lipinski definition) is 1. The van der Waals surface area contributed by atoms with Crippen LogP contribution in [0.4, 0.5) is 0 Å². The number of hydrogen-bond donors (Lipinski definition) is 0. The Morgan fingerprint density at radius 1 is 1.23 bits per heavy atom. The zero-order chi connectivity index (χ0) is 9.84. The largest absolute Gasteiger partial charge is 0.374 e. The lowest BCUT2D eigenvalue weighted by molar-refractivity contribution is 0.0755. The fraction of sp³-hybridized carbons (Fsp3) is 0.500. The molecule has 0 aromatic heterocycles. The standard InChI is InChI=1S/C12H18O/c1-5-13-11(4)12-9(2)7-6-8-10(12)3/h6-8,11H,5H2,1-4H3. The van der Waals surface area contributed by atoms with Gasteiger partial charge in [-0.05, 0) is 44.4 Å². The first kappa shape index (κ1) is 10.3. The smallest absolute Gasteiger partial charge is 0.0801 e. The number of benzene rings is 1. The summed E-state index contributed by atoms with van der Waals surface area (Å²) in [5, 5.41) is 0. The molecule has 0 bridgehead atoms. The molecule has 1 atom stereocenters. The maximum absolute atomic E-state index is 5.59. The van der Waals surface area contributed by atoms with Gasteiger partial charge in [-0.3, -0.25) is 0 Å². The summed E-state index contributed by atoms with van der Waals surface area (Å²) < 4.78 is 5.59. The monoisotopic (exact) mass is 178 g/mol. The van der Waals surface area contributed by atoms with Gasteiger partial charge in [0, 0.05) is 6.61 Å². The Bertz CT molecular complexity index is 258. The lowest BCUT2D eigenvalue weighted by Crippen LogP contribution is -2.03. The summed E-state index contributed by atoms with van der Waals surface area (Å²) in [6, 6.07) is 6.36. The predicted octanol–water partition coefficient (Wildman–Crippen LogP) is 3.40. The second kappa shape index (κ2) is 4.43. The molecule has 0 amide bonds. The summed E-state index contributed by atoms with van der Waals surface area (Å²) >= 11 is 0. The van der Waals surface area contributed by atoms with Gasteiger partial charge in [0.05, 0.1) is 6.10 Å².